The maximum absolute atomic E-state index is 12.0. The molecule has 0 spiro atoms. The smallest absolute Gasteiger partial charge is 0.284 e. The van der Waals surface area contributed by atoms with Crippen LogP contribution in [0.4, 0.5) is 10.8 Å². The molecule has 0 radical (unpaired) electrons. The first kappa shape index (κ1) is 18.1. The third kappa shape index (κ3) is 4.65. The normalized spacial score (nSPS) is 10.7. The SMILES string of the molecule is CCNc1nnc(Sc2ccc(C(=O)NC(C)C)cc2[N+](=O)[O-])s1. The van der Waals surface area contributed by atoms with Crippen LogP contribution in [0.25, 0.3) is 0 Å². The molecule has 1 aromatic carbocycles. The summed E-state index contributed by atoms with van der Waals surface area (Å²) >= 11 is 2.47. The third-order valence-electron chi connectivity index (χ3n) is 2.77. The Labute approximate surface area is 147 Å². The summed E-state index contributed by atoms with van der Waals surface area (Å²) in [5.74, 6) is -0.338. The van der Waals surface area contributed by atoms with Crippen LogP contribution in [0.1, 0.15) is 31.1 Å². The van der Waals surface area contributed by atoms with Crippen LogP contribution >= 0.6 is 23.1 Å². The van der Waals surface area contributed by atoms with Gasteiger partial charge in [0.2, 0.25) is 5.13 Å². The molecule has 8 nitrogen and oxygen atoms in total. The molecular weight excluding hydrogens is 350 g/mol. The molecule has 1 heterocycles. The van der Waals surface area contributed by atoms with Crippen molar-refractivity contribution in [1.82, 2.24) is 15.5 Å². The summed E-state index contributed by atoms with van der Waals surface area (Å²) in [7, 11) is 0. The van der Waals surface area contributed by atoms with Crippen molar-refractivity contribution >= 4 is 39.8 Å². The van der Waals surface area contributed by atoms with Gasteiger partial charge in [-0.15, -0.1) is 10.2 Å². The van der Waals surface area contributed by atoms with Gasteiger partial charge in [0.05, 0.1) is 9.82 Å². The Morgan fingerprint density at radius 1 is 1.42 bits per heavy atom. The van der Waals surface area contributed by atoms with Gasteiger partial charge in [0, 0.05) is 24.2 Å². The van der Waals surface area contributed by atoms with Crippen LogP contribution in [0, 0.1) is 10.1 Å². The number of nitrogens with one attached hydrogen (secondary N) is 2. The summed E-state index contributed by atoms with van der Waals surface area (Å²) in [6.45, 7) is 6.32. The molecule has 0 saturated heterocycles. The molecule has 0 unspecified atom stereocenters. The molecule has 0 saturated carbocycles. The van der Waals surface area contributed by atoms with Gasteiger partial charge in [-0.05, 0) is 44.7 Å². The molecule has 2 N–H and O–H groups in total. The van der Waals surface area contributed by atoms with Crippen molar-refractivity contribution in [2.75, 3.05) is 11.9 Å². The fraction of sp³-hybridized carbons (Fsp3) is 0.357. The van der Waals surface area contributed by atoms with Gasteiger partial charge < -0.3 is 10.6 Å². The highest BCUT2D eigenvalue weighted by molar-refractivity contribution is 8.01. The molecule has 24 heavy (non-hydrogen) atoms. The Balaban J connectivity index is 2.25. The van der Waals surface area contributed by atoms with E-state index in [1.54, 1.807) is 12.1 Å². The first-order chi connectivity index (χ1) is 11.4. The maximum atomic E-state index is 12.0. The van der Waals surface area contributed by atoms with Crippen molar-refractivity contribution in [2.45, 2.75) is 36.0 Å². The van der Waals surface area contributed by atoms with E-state index in [0.717, 1.165) is 18.3 Å². The number of carbonyl (C=O) groups is 1. The van der Waals surface area contributed by atoms with E-state index in [2.05, 4.69) is 20.8 Å². The van der Waals surface area contributed by atoms with Crippen molar-refractivity contribution in [1.29, 1.82) is 0 Å². The average Bonchev–Trinajstić information content (AvgIpc) is 2.94. The molecular formula is C14H17N5O3S2. The molecule has 0 bridgehead atoms. The van der Waals surface area contributed by atoms with Gasteiger partial charge in [-0.3, -0.25) is 14.9 Å². The Kier molecular flexibility index (Phi) is 6.10. The standard InChI is InChI=1S/C14H17N5O3S2/c1-4-15-13-17-18-14(24-13)23-11-6-5-9(7-10(11)19(21)22)12(20)16-8(2)3/h5-8H,4H2,1-3H3,(H,15,17)(H,16,20). The summed E-state index contributed by atoms with van der Waals surface area (Å²) < 4.78 is 0.591. The average molecular weight is 367 g/mol. The number of hydrogen-bond donors (Lipinski definition) is 2. The zero-order valence-corrected chi connectivity index (χ0v) is 15.0. The first-order valence-electron chi connectivity index (χ1n) is 7.25. The lowest BCUT2D eigenvalue weighted by atomic mass is 10.2. The highest BCUT2D eigenvalue weighted by Crippen LogP contribution is 2.37. The van der Waals surface area contributed by atoms with Crippen LogP contribution in [0.5, 0.6) is 0 Å². The van der Waals surface area contributed by atoms with Gasteiger partial charge in [-0.25, -0.2) is 0 Å². The molecule has 0 fully saturated rings. The number of nitrogens with zero attached hydrogens (tertiary/aromatic N) is 3. The fourth-order valence-electron chi connectivity index (χ4n) is 1.80. The number of hydrogen-bond acceptors (Lipinski definition) is 8. The largest absolute Gasteiger partial charge is 0.360 e. The Bertz CT molecular complexity index is 748. The van der Waals surface area contributed by atoms with E-state index < -0.39 is 4.92 Å². The van der Waals surface area contributed by atoms with Gasteiger partial charge in [0.25, 0.3) is 11.6 Å². The predicted octanol–water partition coefficient (Wildman–Crippen LogP) is 3.17. The number of anilines is 1. The van der Waals surface area contributed by atoms with E-state index in [4.69, 9.17) is 0 Å². The summed E-state index contributed by atoms with van der Waals surface area (Å²) in [4.78, 5) is 23.3. The maximum Gasteiger partial charge on any atom is 0.284 e. The van der Waals surface area contributed by atoms with Gasteiger partial charge in [-0.1, -0.05) is 11.3 Å². The van der Waals surface area contributed by atoms with E-state index >= 15 is 0 Å². The van der Waals surface area contributed by atoms with Gasteiger partial charge in [-0.2, -0.15) is 0 Å². The van der Waals surface area contributed by atoms with Crippen LogP contribution in [-0.2, 0) is 0 Å². The molecule has 0 aliphatic carbocycles. The number of amides is 1. The minimum Gasteiger partial charge on any atom is -0.360 e. The summed E-state index contributed by atoms with van der Waals surface area (Å²) in [6.07, 6.45) is 0. The molecule has 1 aromatic heterocycles. The third-order valence-corrected chi connectivity index (χ3v) is 4.77. The highest BCUT2D eigenvalue weighted by Gasteiger charge is 2.20. The molecule has 2 rings (SSSR count). The number of carbonyl (C=O) groups excluding carboxylic acids is 1. The van der Waals surface area contributed by atoms with Crippen LogP contribution in [-0.4, -0.2) is 33.6 Å². The van der Waals surface area contributed by atoms with Crippen molar-refractivity contribution in [3.8, 4) is 0 Å². The van der Waals surface area contributed by atoms with Gasteiger partial charge in [0.1, 0.15) is 0 Å². The first-order valence-corrected chi connectivity index (χ1v) is 8.88. The Morgan fingerprint density at radius 3 is 2.79 bits per heavy atom. The van der Waals surface area contributed by atoms with E-state index in [0.29, 0.717) is 14.4 Å². The van der Waals surface area contributed by atoms with Crippen molar-refractivity contribution in [3.63, 3.8) is 0 Å². The second-order valence-corrected chi connectivity index (χ2v) is 7.34. The zero-order chi connectivity index (χ0) is 17.7. The zero-order valence-electron chi connectivity index (χ0n) is 13.4. The van der Waals surface area contributed by atoms with Crippen LogP contribution < -0.4 is 10.6 Å². The van der Waals surface area contributed by atoms with E-state index in [9.17, 15) is 14.9 Å². The summed E-state index contributed by atoms with van der Waals surface area (Å²) in [6, 6.07) is 4.37. The highest BCUT2D eigenvalue weighted by atomic mass is 32.2. The minimum absolute atomic E-state index is 0.0449. The number of benzene rings is 1. The van der Waals surface area contributed by atoms with Crippen LogP contribution in [0.3, 0.4) is 0 Å². The Morgan fingerprint density at radius 2 is 2.17 bits per heavy atom. The van der Waals surface area contributed by atoms with E-state index in [1.807, 2.05) is 20.8 Å². The fourth-order valence-corrected chi connectivity index (χ4v) is 3.66. The lowest BCUT2D eigenvalue weighted by molar-refractivity contribution is -0.387. The lowest BCUT2D eigenvalue weighted by Gasteiger charge is -2.09. The Hall–Kier alpha value is -2.20. The van der Waals surface area contributed by atoms with E-state index in [-0.39, 0.29) is 23.2 Å². The molecule has 1 amide bonds. The number of rotatable bonds is 7. The number of aromatic nitrogens is 2. The van der Waals surface area contributed by atoms with Gasteiger partial charge in [0.15, 0.2) is 4.34 Å². The van der Waals surface area contributed by atoms with E-state index in [1.165, 1.54) is 17.4 Å². The number of nitro groups is 1. The molecule has 128 valence electrons. The molecule has 2 aromatic rings. The van der Waals surface area contributed by atoms with Crippen molar-refractivity contribution in [3.05, 3.63) is 33.9 Å². The van der Waals surface area contributed by atoms with Crippen LogP contribution in [0.2, 0.25) is 0 Å². The second-order valence-electron chi connectivity index (χ2n) is 5.07. The molecule has 0 aliphatic heterocycles. The summed E-state index contributed by atoms with van der Waals surface area (Å²) in [5, 5.41) is 25.7. The van der Waals surface area contributed by atoms with Gasteiger partial charge >= 0.3 is 0 Å². The van der Waals surface area contributed by atoms with Crippen molar-refractivity contribution in [2.24, 2.45) is 0 Å². The summed E-state index contributed by atoms with van der Waals surface area (Å²) in [5.41, 5.74) is 0.127. The number of nitro benzene ring substituents is 1. The lowest BCUT2D eigenvalue weighted by Crippen LogP contribution is -2.30. The van der Waals surface area contributed by atoms with Crippen molar-refractivity contribution < 1.29 is 9.72 Å². The monoisotopic (exact) mass is 367 g/mol. The predicted molar refractivity (Wildman–Crippen MR) is 93.9 cm³/mol. The van der Waals surface area contributed by atoms with Crippen LogP contribution in [0.15, 0.2) is 27.4 Å². The molecule has 0 aliphatic rings. The second kappa shape index (κ2) is 8.06. The molecule has 10 heteroatoms. The molecule has 0 atom stereocenters. The topological polar surface area (TPSA) is 110 Å². The quantitative estimate of drug-likeness (QED) is 0.571. The minimum atomic E-state index is -0.499.